The number of aliphatic hydroxyl groups is 1. The van der Waals surface area contributed by atoms with Gasteiger partial charge < -0.3 is 9.84 Å². The summed E-state index contributed by atoms with van der Waals surface area (Å²) in [5, 5.41) is 9.82. The van der Waals surface area contributed by atoms with Crippen molar-refractivity contribution in [2.75, 3.05) is 0 Å². The lowest BCUT2D eigenvalue weighted by atomic mass is 10.1. The van der Waals surface area contributed by atoms with Crippen molar-refractivity contribution in [3.8, 4) is 5.75 Å². The van der Waals surface area contributed by atoms with Crippen molar-refractivity contribution in [1.29, 1.82) is 0 Å². The molecule has 0 amide bonds. The third kappa shape index (κ3) is 1.33. The molecule has 2 unspecified atom stereocenters. The van der Waals surface area contributed by atoms with Crippen molar-refractivity contribution >= 4 is 15.9 Å². The maximum Gasteiger partial charge on any atom is 0.165 e. The lowest BCUT2D eigenvalue weighted by molar-refractivity contribution is 0.0638. The molecular weight excluding hydrogens is 251 g/mol. The number of fused-ring (bicyclic) bond motifs is 1. The minimum Gasteiger partial charge on any atom is -0.484 e. The predicted octanol–water partition coefficient (Wildman–Crippen LogP) is 2.79. The van der Waals surface area contributed by atoms with Gasteiger partial charge >= 0.3 is 0 Å². The molecule has 2 rings (SSSR count). The van der Waals surface area contributed by atoms with E-state index in [1.54, 1.807) is 6.07 Å². The monoisotopic (exact) mass is 260 g/mol. The Bertz CT molecular complexity index is 367. The highest BCUT2D eigenvalue weighted by Crippen LogP contribution is 2.43. The van der Waals surface area contributed by atoms with E-state index in [0.717, 1.165) is 0 Å². The Morgan fingerprint density at radius 3 is 2.86 bits per heavy atom. The van der Waals surface area contributed by atoms with Crippen LogP contribution < -0.4 is 4.74 Å². The SMILES string of the molecule is CCC1Oc2c(F)ccc(Br)c2C1O. The quantitative estimate of drug-likeness (QED) is 0.842. The van der Waals surface area contributed by atoms with Crippen LogP contribution in [-0.2, 0) is 0 Å². The predicted molar refractivity (Wildman–Crippen MR) is 53.8 cm³/mol. The first kappa shape index (κ1) is 9.93. The van der Waals surface area contributed by atoms with Crippen LogP contribution in [0.5, 0.6) is 5.75 Å². The van der Waals surface area contributed by atoms with Crippen molar-refractivity contribution in [1.82, 2.24) is 0 Å². The fraction of sp³-hybridized carbons (Fsp3) is 0.400. The van der Waals surface area contributed by atoms with Crippen LogP contribution >= 0.6 is 15.9 Å². The number of benzene rings is 1. The number of aliphatic hydroxyl groups excluding tert-OH is 1. The third-order valence-electron chi connectivity index (χ3n) is 2.41. The van der Waals surface area contributed by atoms with Crippen molar-refractivity contribution in [2.24, 2.45) is 0 Å². The molecule has 1 aliphatic rings. The second-order valence-electron chi connectivity index (χ2n) is 3.28. The molecule has 0 saturated carbocycles. The Morgan fingerprint density at radius 1 is 1.57 bits per heavy atom. The first-order chi connectivity index (χ1) is 6.65. The van der Waals surface area contributed by atoms with E-state index < -0.39 is 11.9 Å². The van der Waals surface area contributed by atoms with E-state index in [0.29, 0.717) is 16.5 Å². The van der Waals surface area contributed by atoms with Gasteiger partial charge in [0.25, 0.3) is 0 Å². The summed E-state index contributed by atoms with van der Waals surface area (Å²) in [6.07, 6.45) is -0.417. The summed E-state index contributed by atoms with van der Waals surface area (Å²) in [6.45, 7) is 1.89. The van der Waals surface area contributed by atoms with Crippen molar-refractivity contribution in [3.05, 3.63) is 28.0 Å². The molecule has 1 N–H and O–H groups in total. The van der Waals surface area contributed by atoms with Gasteiger partial charge in [-0.25, -0.2) is 4.39 Å². The lowest BCUT2D eigenvalue weighted by Gasteiger charge is -2.10. The number of hydrogen-bond donors (Lipinski definition) is 1. The van der Waals surface area contributed by atoms with Crippen LogP contribution in [0.25, 0.3) is 0 Å². The molecule has 1 aromatic carbocycles. The highest BCUT2D eigenvalue weighted by Gasteiger charge is 2.35. The van der Waals surface area contributed by atoms with E-state index in [1.807, 2.05) is 6.92 Å². The van der Waals surface area contributed by atoms with Gasteiger partial charge in [-0.1, -0.05) is 22.9 Å². The third-order valence-corrected chi connectivity index (χ3v) is 3.11. The summed E-state index contributed by atoms with van der Waals surface area (Å²) in [6, 6.07) is 2.91. The number of ether oxygens (including phenoxy) is 1. The van der Waals surface area contributed by atoms with Gasteiger partial charge in [-0.15, -0.1) is 0 Å². The van der Waals surface area contributed by atoms with Gasteiger partial charge in [0.05, 0.1) is 0 Å². The minimum atomic E-state index is -0.736. The van der Waals surface area contributed by atoms with E-state index in [2.05, 4.69) is 15.9 Å². The average Bonchev–Trinajstić information content (AvgIpc) is 2.51. The molecule has 1 aliphatic heterocycles. The molecular formula is C10H10BrFO2. The molecule has 1 aromatic rings. The Balaban J connectivity index is 2.52. The van der Waals surface area contributed by atoms with Crippen LogP contribution in [0.4, 0.5) is 4.39 Å². The molecule has 1 heterocycles. The highest BCUT2D eigenvalue weighted by atomic mass is 79.9. The Hall–Kier alpha value is -0.610. The fourth-order valence-corrected chi connectivity index (χ4v) is 2.20. The van der Waals surface area contributed by atoms with E-state index in [4.69, 9.17) is 4.74 Å². The normalized spacial score (nSPS) is 24.6. The molecule has 0 saturated heterocycles. The topological polar surface area (TPSA) is 29.5 Å². The molecule has 4 heteroatoms. The van der Waals surface area contributed by atoms with Crippen LogP contribution in [-0.4, -0.2) is 11.2 Å². The molecule has 0 aromatic heterocycles. The van der Waals surface area contributed by atoms with E-state index in [1.165, 1.54) is 6.07 Å². The summed E-state index contributed by atoms with van der Waals surface area (Å²) in [5.74, 6) is -0.239. The summed E-state index contributed by atoms with van der Waals surface area (Å²) < 4.78 is 19.3. The highest BCUT2D eigenvalue weighted by molar-refractivity contribution is 9.10. The summed E-state index contributed by atoms with van der Waals surface area (Å²) >= 11 is 3.27. The number of halogens is 2. The van der Waals surface area contributed by atoms with Gasteiger partial charge in [0.1, 0.15) is 12.2 Å². The molecule has 76 valence electrons. The van der Waals surface area contributed by atoms with Gasteiger partial charge in [0, 0.05) is 10.0 Å². The lowest BCUT2D eigenvalue weighted by Crippen LogP contribution is -2.16. The molecule has 14 heavy (non-hydrogen) atoms. The molecule has 0 aliphatic carbocycles. The average molecular weight is 261 g/mol. The van der Waals surface area contributed by atoms with Crippen LogP contribution in [0, 0.1) is 5.82 Å². The molecule has 0 fully saturated rings. The minimum absolute atomic E-state index is 0.179. The van der Waals surface area contributed by atoms with Crippen LogP contribution in [0.3, 0.4) is 0 Å². The molecule has 2 nitrogen and oxygen atoms in total. The van der Waals surface area contributed by atoms with E-state index in [9.17, 15) is 9.50 Å². The van der Waals surface area contributed by atoms with Gasteiger partial charge in [-0.2, -0.15) is 0 Å². The zero-order valence-corrected chi connectivity index (χ0v) is 9.21. The Labute approximate surface area is 89.8 Å². The number of rotatable bonds is 1. The van der Waals surface area contributed by atoms with E-state index in [-0.39, 0.29) is 11.9 Å². The van der Waals surface area contributed by atoms with Crippen LogP contribution in [0.2, 0.25) is 0 Å². The van der Waals surface area contributed by atoms with Crippen molar-refractivity contribution in [3.63, 3.8) is 0 Å². The van der Waals surface area contributed by atoms with Gasteiger partial charge in [-0.05, 0) is 18.6 Å². The summed E-state index contributed by atoms with van der Waals surface area (Å²) in [7, 11) is 0. The van der Waals surface area contributed by atoms with Gasteiger partial charge in [-0.3, -0.25) is 0 Å². The summed E-state index contributed by atoms with van der Waals surface area (Å²) in [5.41, 5.74) is 0.525. The van der Waals surface area contributed by atoms with Crippen LogP contribution in [0.15, 0.2) is 16.6 Å². The van der Waals surface area contributed by atoms with Gasteiger partial charge in [0.2, 0.25) is 0 Å². The Morgan fingerprint density at radius 2 is 2.29 bits per heavy atom. The first-order valence-corrected chi connectivity index (χ1v) is 5.27. The second kappa shape index (κ2) is 3.51. The molecule has 2 atom stereocenters. The van der Waals surface area contributed by atoms with E-state index >= 15 is 0 Å². The Kier molecular flexibility index (Phi) is 2.49. The molecule has 0 bridgehead atoms. The van der Waals surface area contributed by atoms with Crippen molar-refractivity contribution in [2.45, 2.75) is 25.6 Å². The largest absolute Gasteiger partial charge is 0.484 e. The summed E-state index contributed by atoms with van der Waals surface area (Å²) in [4.78, 5) is 0. The first-order valence-electron chi connectivity index (χ1n) is 4.47. The second-order valence-corrected chi connectivity index (χ2v) is 4.14. The smallest absolute Gasteiger partial charge is 0.165 e. The van der Waals surface area contributed by atoms with Crippen molar-refractivity contribution < 1.29 is 14.2 Å². The molecule has 0 radical (unpaired) electrons. The maximum absolute atomic E-state index is 13.3. The number of hydrogen-bond acceptors (Lipinski definition) is 2. The van der Waals surface area contributed by atoms with Crippen LogP contribution in [0.1, 0.15) is 25.0 Å². The standard InChI is InChI=1S/C10H10BrFO2/c1-2-7-9(13)8-5(11)3-4-6(12)10(8)14-7/h3-4,7,9,13H,2H2,1H3. The maximum atomic E-state index is 13.3. The van der Waals surface area contributed by atoms with Gasteiger partial charge in [0.15, 0.2) is 11.6 Å². The zero-order valence-electron chi connectivity index (χ0n) is 7.63. The zero-order chi connectivity index (χ0) is 10.3. The molecule has 0 spiro atoms. The fourth-order valence-electron chi connectivity index (χ4n) is 1.65.